The van der Waals surface area contributed by atoms with Gasteiger partial charge in [0.2, 0.25) is 5.91 Å². The molecule has 4 N–H and O–H groups in total. The van der Waals surface area contributed by atoms with Gasteiger partial charge in [0.1, 0.15) is 6.54 Å². The Balaban J connectivity index is 2.53. The normalized spacial score (nSPS) is 12.1. The zero-order valence-corrected chi connectivity index (χ0v) is 12.7. The maximum absolute atomic E-state index is 11.8. The first-order valence-corrected chi connectivity index (χ1v) is 6.77. The number of hydrogen-bond acceptors (Lipinski definition) is 2. The van der Waals surface area contributed by atoms with Crippen molar-refractivity contribution in [3.05, 3.63) is 29.8 Å². The van der Waals surface area contributed by atoms with Crippen LogP contribution in [-0.2, 0) is 11.2 Å². The Morgan fingerprint density at radius 2 is 2.05 bits per heavy atom. The van der Waals surface area contributed by atoms with E-state index in [0.29, 0.717) is 0 Å². The molecule has 0 spiro atoms. The van der Waals surface area contributed by atoms with Crippen molar-refractivity contribution in [3.63, 3.8) is 0 Å². The van der Waals surface area contributed by atoms with E-state index in [4.69, 9.17) is 5.73 Å². The molecule has 0 bridgehead atoms. The zero-order valence-electron chi connectivity index (χ0n) is 12.7. The molecule has 0 aliphatic heterocycles. The number of nitrogens with zero attached hydrogens (tertiary/aromatic N) is 1. The van der Waals surface area contributed by atoms with Crippen LogP contribution in [0.1, 0.15) is 33.3 Å². The van der Waals surface area contributed by atoms with Gasteiger partial charge in [0.25, 0.3) is 0 Å². The number of anilines is 1. The topological polar surface area (TPSA) is 79.5 Å². The van der Waals surface area contributed by atoms with E-state index in [2.05, 4.69) is 22.5 Å². The molecule has 0 heterocycles. The van der Waals surface area contributed by atoms with Crippen molar-refractivity contribution >= 4 is 17.6 Å². The summed E-state index contributed by atoms with van der Waals surface area (Å²) < 4.78 is 0. The number of guanidine groups is 1. The number of amides is 1. The predicted molar refractivity (Wildman–Crippen MR) is 83.8 cm³/mol. The first-order chi connectivity index (χ1) is 9.30. The van der Waals surface area contributed by atoms with Gasteiger partial charge in [-0.2, -0.15) is 0 Å². The molecule has 0 aromatic heterocycles. The zero-order chi connectivity index (χ0) is 15.2. The van der Waals surface area contributed by atoms with Gasteiger partial charge >= 0.3 is 0 Å². The van der Waals surface area contributed by atoms with Crippen LogP contribution in [0.2, 0.25) is 0 Å². The van der Waals surface area contributed by atoms with E-state index in [1.165, 1.54) is 5.56 Å². The number of carbonyl (C=O) groups is 1. The molecule has 0 atom stereocenters. The highest BCUT2D eigenvalue weighted by molar-refractivity contribution is 5.94. The summed E-state index contributed by atoms with van der Waals surface area (Å²) in [5, 5.41) is 5.81. The third-order valence-corrected chi connectivity index (χ3v) is 2.52. The molecule has 1 aromatic carbocycles. The molecule has 1 aromatic rings. The number of aryl methyl sites for hydroxylation is 1. The second-order valence-corrected chi connectivity index (χ2v) is 5.68. The summed E-state index contributed by atoms with van der Waals surface area (Å²) >= 11 is 0. The lowest BCUT2D eigenvalue weighted by molar-refractivity contribution is -0.114. The van der Waals surface area contributed by atoms with Crippen molar-refractivity contribution < 1.29 is 4.79 Å². The standard InChI is InChI=1S/C15H24N4O/c1-5-11-7-6-8-12(9-11)18-13(20)10-17-14(16)19-15(2,3)4/h6-9H,5,10H2,1-4H3,(H,18,20)(H3,16,17,19). The SMILES string of the molecule is CCc1cccc(NC(=O)CN=C(N)NC(C)(C)C)c1. The van der Waals surface area contributed by atoms with Crippen LogP contribution in [-0.4, -0.2) is 24.0 Å². The van der Waals surface area contributed by atoms with Crippen LogP contribution in [0.15, 0.2) is 29.3 Å². The van der Waals surface area contributed by atoms with E-state index in [1.807, 2.05) is 45.0 Å². The second-order valence-electron chi connectivity index (χ2n) is 5.68. The van der Waals surface area contributed by atoms with Crippen LogP contribution in [0.5, 0.6) is 0 Å². The van der Waals surface area contributed by atoms with Crippen molar-refractivity contribution in [1.29, 1.82) is 0 Å². The molecule has 110 valence electrons. The lowest BCUT2D eigenvalue weighted by Crippen LogP contribution is -2.45. The Bertz CT molecular complexity index is 489. The first-order valence-electron chi connectivity index (χ1n) is 6.77. The van der Waals surface area contributed by atoms with Crippen LogP contribution in [0, 0.1) is 0 Å². The Kier molecular flexibility index (Phi) is 5.55. The molecule has 0 saturated heterocycles. The number of carbonyl (C=O) groups excluding carboxylic acids is 1. The smallest absolute Gasteiger partial charge is 0.246 e. The Morgan fingerprint density at radius 3 is 2.65 bits per heavy atom. The molecule has 0 aliphatic carbocycles. The molecule has 20 heavy (non-hydrogen) atoms. The van der Waals surface area contributed by atoms with Crippen molar-refractivity contribution in [1.82, 2.24) is 5.32 Å². The average Bonchev–Trinajstić information content (AvgIpc) is 2.34. The highest BCUT2D eigenvalue weighted by atomic mass is 16.1. The van der Waals surface area contributed by atoms with Gasteiger partial charge in [0, 0.05) is 11.2 Å². The number of aliphatic imine (C=N–C) groups is 1. The summed E-state index contributed by atoms with van der Waals surface area (Å²) in [4.78, 5) is 15.8. The van der Waals surface area contributed by atoms with Crippen LogP contribution in [0.25, 0.3) is 0 Å². The summed E-state index contributed by atoms with van der Waals surface area (Å²) in [6, 6.07) is 7.77. The highest BCUT2D eigenvalue weighted by Gasteiger charge is 2.10. The van der Waals surface area contributed by atoms with Gasteiger partial charge < -0.3 is 16.4 Å². The second kappa shape index (κ2) is 6.93. The van der Waals surface area contributed by atoms with Crippen molar-refractivity contribution in [2.24, 2.45) is 10.7 Å². The predicted octanol–water partition coefficient (Wildman–Crippen LogP) is 1.89. The molecule has 0 saturated carbocycles. The minimum absolute atomic E-state index is 0.00522. The lowest BCUT2D eigenvalue weighted by atomic mass is 10.1. The van der Waals surface area contributed by atoms with Crippen molar-refractivity contribution in [2.45, 2.75) is 39.7 Å². The molecular weight excluding hydrogens is 252 g/mol. The molecule has 1 rings (SSSR count). The van der Waals surface area contributed by atoms with E-state index in [-0.39, 0.29) is 24.0 Å². The number of benzene rings is 1. The van der Waals surface area contributed by atoms with Gasteiger partial charge in [-0.3, -0.25) is 4.79 Å². The van der Waals surface area contributed by atoms with Gasteiger partial charge in [0.05, 0.1) is 0 Å². The van der Waals surface area contributed by atoms with E-state index in [9.17, 15) is 4.79 Å². The molecular formula is C15H24N4O. The third-order valence-electron chi connectivity index (χ3n) is 2.52. The summed E-state index contributed by atoms with van der Waals surface area (Å²) in [7, 11) is 0. The van der Waals surface area contributed by atoms with Gasteiger partial charge in [-0.05, 0) is 44.9 Å². The van der Waals surface area contributed by atoms with Gasteiger partial charge in [-0.1, -0.05) is 19.1 Å². The van der Waals surface area contributed by atoms with E-state index < -0.39 is 0 Å². The van der Waals surface area contributed by atoms with Gasteiger partial charge in [0.15, 0.2) is 5.96 Å². The van der Waals surface area contributed by atoms with Crippen molar-refractivity contribution in [2.75, 3.05) is 11.9 Å². The van der Waals surface area contributed by atoms with Crippen LogP contribution >= 0.6 is 0 Å². The molecule has 0 fully saturated rings. The Labute approximate surface area is 120 Å². The van der Waals surface area contributed by atoms with Gasteiger partial charge in [-0.15, -0.1) is 0 Å². The van der Waals surface area contributed by atoms with Gasteiger partial charge in [-0.25, -0.2) is 4.99 Å². The fraction of sp³-hybridized carbons (Fsp3) is 0.467. The van der Waals surface area contributed by atoms with E-state index in [1.54, 1.807) is 0 Å². The van der Waals surface area contributed by atoms with E-state index in [0.717, 1.165) is 12.1 Å². The maximum Gasteiger partial charge on any atom is 0.246 e. The minimum atomic E-state index is -0.183. The molecule has 0 radical (unpaired) electrons. The van der Waals surface area contributed by atoms with E-state index >= 15 is 0 Å². The summed E-state index contributed by atoms with van der Waals surface area (Å²) in [5.41, 5.74) is 7.50. The quantitative estimate of drug-likeness (QED) is 0.580. The fourth-order valence-electron chi connectivity index (χ4n) is 1.65. The summed E-state index contributed by atoms with van der Waals surface area (Å²) in [6.45, 7) is 8.01. The fourth-order valence-corrected chi connectivity index (χ4v) is 1.65. The van der Waals surface area contributed by atoms with Crippen LogP contribution < -0.4 is 16.4 Å². The molecule has 5 nitrogen and oxygen atoms in total. The third kappa shape index (κ3) is 6.22. The number of hydrogen-bond donors (Lipinski definition) is 3. The minimum Gasteiger partial charge on any atom is -0.370 e. The first kappa shape index (κ1) is 16.0. The molecule has 0 aliphatic rings. The lowest BCUT2D eigenvalue weighted by Gasteiger charge is -2.20. The molecule has 1 amide bonds. The largest absolute Gasteiger partial charge is 0.370 e. The number of rotatable bonds is 4. The Morgan fingerprint density at radius 1 is 1.35 bits per heavy atom. The average molecular weight is 276 g/mol. The van der Waals surface area contributed by atoms with Crippen molar-refractivity contribution in [3.8, 4) is 0 Å². The summed E-state index contributed by atoms with van der Waals surface area (Å²) in [5.74, 6) is 0.0897. The monoisotopic (exact) mass is 276 g/mol. The molecule has 5 heteroatoms. The summed E-state index contributed by atoms with van der Waals surface area (Å²) in [6.07, 6.45) is 0.935. The Hall–Kier alpha value is -2.04. The maximum atomic E-state index is 11.8. The van der Waals surface area contributed by atoms with Crippen LogP contribution in [0.4, 0.5) is 5.69 Å². The number of nitrogens with one attached hydrogen (secondary N) is 2. The number of nitrogens with two attached hydrogens (primary N) is 1. The molecule has 0 unspecified atom stereocenters. The van der Waals surface area contributed by atoms with Crippen LogP contribution in [0.3, 0.4) is 0 Å². The highest BCUT2D eigenvalue weighted by Crippen LogP contribution is 2.10.